The molecule has 1 atom stereocenters. The summed E-state index contributed by atoms with van der Waals surface area (Å²) in [5.41, 5.74) is 0.449. The highest BCUT2D eigenvalue weighted by Gasteiger charge is 2.24. The lowest BCUT2D eigenvalue weighted by atomic mass is 9.91. The Labute approximate surface area is 121 Å². The Morgan fingerprint density at radius 1 is 0.952 bits per heavy atom. The van der Waals surface area contributed by atoms with Gasteiger partial charge in [-0.25, -0.2) is 0 Å². The molecule has 5 heteroatoms. The SMILES string of the molecule is CC(C(=O)c1ccccc1)C(=O)c1cccc([N+](=O)[O-])c1. The van der Waals surface area contributed by atoms with Gasteiger partial charge in [-0.05, 0) is 6.92 Å². The molecule has 0 aliphatic heterocycles. The van der Waals surface area contributed by atoms with Crippen LogP contribution in [0.3, 0.4) is 0 Å². The first-order valence-electron chi connectivity index (χ1n) is 6.38. The van der Waals surface area contributed by atoms with Crippen molar-refractivity contribution in [2.45, 2.75) is 6.92 Å². The number of ketones is 2. The van der Waals surface area contributed by atoms with Crippen molar-refractivity contribution in [1.29, 1.82) is 0 Å². The number of nitro benzene ring substituents is 1. The minimum Gasteiger partial charge on any atom is -0.293 e. The smallest absolute Gasteiger partial charge is 0.270 e. The highest BCUT2D eigenvalue weighted by Crippen LogP contribution is 2.18. The topological polar surface area (TPSA) is 77.3 Å². The third kappa shape index (κ3) is 3.20. The Morgan fingerprint density at radius 3 is 2.14 bits per heavy atom. The molecule has 0 radical (unpaired) electrons. The molecule has 0 N–H and O–H groups in total. The number of Topliss-reactive ketones (excluding diaryl/α,β-unsaturated/α-hetero) is 2. The number of benzene rings is 2. The van der Waals surface area contributed by atoms with E-state index in [1.165, 1.54) is 31.2 Å². The predicted octanol–water partition coefficient (Wildman–Crippen LogP) is 3.30. The van der Waals surface area contributed by atoms with E-state index in [2.05, 4.69) is 0 Å². The van der Waals surface area contributed by atoms with E-state index < -0.39 is 16.6 Å². The molecular weight excluding hydrogens is 270 g/mol. The van der Waals surface area contributed by atoms with Gasteiger partial charge in [-0.1, -0.05) is 42.5 Å². The normalized spacial score (nSPS) is 11.7. The van der Waals surface area contributed by atoms with Gasteiger partial charge in [0.15, 0.2) is 11.6 Å². The van der Waals surface area contributed by atoms with Gasteiger partial charge in [0.25, 0.3) is 5.69 Å². The molecule has 0 fully saturated rings. The summed E-state index contributed by atoms with van der Waals surface area (Å²) in [7, 11) is 0. The van der Waals surface area contributed by atoms with Crippen LogP contribution in [0.15, 0.2) is 54.6 Å². The fraction of sp³-hybridized carbons (Fsp3) is 0.125. The Kier molecular flexibility index (Phi) is 4.23. The number of carbonyl (C=O) groups is 2. The van der Waals surface area contributed by atoms with Gasteiger partial charge in [0, 0.05) is 23.3 Å². The van der Waals surface area contributed by atoms with Gasteiger partial charge < -0.3 is 0 Å². The van der Waals surface area contributed by atoms with Crippen LogP contribution in [0.1, 0.15) is 27.6 Å². The van der Waals surface area contributed by atoms with E-state index in [1.807, 2.05) is 0 Å². The van der Waals surface area contributed by atoms with Crippen molar-refractivity contribution in [1.82, 2.24) is 0 Å². The van der Waals surface area contributed by atoms with Crippen LogP contribution in [0.2, 0.25) is 0 Å². The summed E-state index contributed by atoms with van der Waals surface area (Å²) in [4.78, 5) is 34.7. The van der Waals surface area contributed by atoms with E-state index in [0.29, 0.717) is 5.56 Å². The fourth-order valence-electron chi connectivity index (χ4n) is 1.99. The Morgan fingerprint density at radius 2 is 1.52 bits per heavy atom. The number of non-ortho nitro benzene ring substituents is 1. The molecule has 106 valence electrons. The summed E-state index contributed by atoms with van der Waals surface area (Å²) < 4.78 is 0. The van der Waals surface area contributed by atoms with Crippen LogP contribution < -0.4 is 0 Å². The third-order valence-electron chi connectivity index (χ3n) is 3.19. The molecule has 0 aliphatic carbocycles. The van der Waals surface area contributed by atoms with E-state index in [9.17, 15) is 19.7 Å². The van der Waals surface area contributed by atoms with Crippen LogP contribution in [0.4, 0.5) is 5.69 Å². The highest BCUT2D eigenvalue weighted by molar-refractivity contribution is 6.15. The Balaban J connectivity index is 2.25. The zero-order valence-corrected chi connectivity index (χ0v) is 11.4. The van der Waals surface area contributed by atoms with Gasteiger partial charge >= 0.3 is 0 Å². The molecule has 2 aromatic rings. The fourth-order valence-corrected chi connectivity index (χ4v) is 1.99. The standard InChI is InChI=1S/C16H13NO4/c1-11(15(18)12-6-3-2-4-7-12)16(19)13-8-5-9-14(10-13)17(20)21/h2-11H,1H3. The summed E-state index contributed by atoms with van der Waals surface area (Å²) in [6, 6.07) is 13.9. The van der Waals surface area contributed by atoms with Gasteiger partial charge in [-0.15, -0.1) is 0 Å². The summed E-state index contributed by atoms with van der Waals surface area (Å²) in [6.07, 6.45) is 0. The van der Waals surface area contributed by atoms with Gasteiger partial charge in [0.05, 0.1) is 10.8 Å². The third-order valence-corrected chi connectivity index (χ3v) is 3.19. The number of hydrogen-bond donors (Lipinski definition) is 0. The molecule has 0 amide bonds. The molecule has 0 aromatic heterocycles. The summed E-state index contributed by atoms with van der Waals surface area (Å²) >= 11 is 0. The molecule has 0 saturated carbocycles. The molecule has 0 heterocycles. The number of nitro groups is 1. The lowest BCUT2D eigenvalue weighted by molar-refractivity contribution is -0.384. The molecule has 5 nitrogen and oxygen atoms in total. The maximum absolute atomic E-state index is 12.3. The minimum absolute atomic E-state index is 0.166. The second-order valence-corrected chi connectivity index (χ2v) is 4.62. The largest absolute Gasteiger partial charge is 0.293 e. The van der Waals surface area contributed by atoms with E-state index in [-0.39, 0.29) is 17.0 Å². The monoisotopic (exact) mass is 283 g/mol. The van der Waals surface area contributed by atoms with Crippen LogP contribution in [0.5, 0.6) is 0 Å². The van der Waals surface area contributed by atoms with Crippen molar-refractivity contribution in [3.8, 4) is 0 Å². The van der Waals surface area contributed by atoms with Crippen LogP contribution in [-0.2, 0) is 0 Å². The first-order valence-corrected chi connectivity index (χ1v) is 6.38. The molecule has 1 unspecified atom stereocenters. The maximum Gasteiger partial charge on any atom is 0.270 e. The van der Waals surface area contributed by atoms with Crippen molar-refractivity contribution in [3.05, 3.63) is 75.8 Å². The quantitative estimate of drug-likeness (QED) is 0.365. The zero-order valence-electron chi connectivity index (χ0n) is 11.4. The van der Waals surface area contributed by atoms with Crippen molar-refractivity contribution in [2.24, 2.45) is 5.92 Å². The van der Waals surface area contributed by atoms with Crippen LogP contribution in [0.25, 0.3) is 0 Å². The lowest BCUT2D eigenvalue weighted by Crippen LogP contribution is -2.21. The van der Waals surface area contributed by atoms with Crippen molar-refractivity contribution < 1.29 is 14.5 Å². The molecular formula is C16H13NO4. The summed E-state index contributed by atoms with van der Waals surface area (Å²) in [5, 5.41) is 10.7. The number of nitrogens with zero attached hydrogens (tertiary/aromatic N) is 1. The average Bonchev–Trinajstić information content (AvgIpc) is 2.53. The van der Waals surface area contributed by atoms with Gasteiger partial charge in [-0.3, -0.25) is 19.7 Å². The van der Waals surface area contributed by atoms with Crippen LogP contribution in [-0.4, -0.2) is 16.5 Å². The number of carbonyl (C=O) groups excluding carboxylic acids is 2. The Hall–Kier alpha value is -2.82. The molecule has 2 rings (SSSR count). The van der Waals surface area contributed by atoms with Gasteiger partial charge in [0.1, 0.15) is 0 Å². The average molecular weight is 283 g/mol. The molecule has 0 spiro atoms. The van der Waals surface area contributed by atoms with Gasteiger partial charge in [-0.2, -0.15) is 0 Å². The molecule has 2 aromatic carbocycles. The molecule has 0 aliphatic rings. The number of hydrogen-bond acceptors (Lipinski definition) is 4. The second-order valence-electron chi connectivity index (χ2n) is 4.62. The van der Waals surface area contributed by atoms with Crippen LogP contribution >= 0.6 is 0 Å². The van der Waals surface area contributed by atoms with E-state index in [0.717, 1.165) is 0 Å². The minimum atomic E-state index is -0.880. The highest BCUT2D eigenvalue weighted by atomic mass is 16.6. The summed E-state index contributed by atoms with van der Waals surface area (Å²) in [6.45, 7) is 1.51. The van der Waals surface area contributed by atoms with Crippen molar-refractivity contribution in [2.75, 3.05) is 0 Å². The molecule has 21 heavy (non-hydrogen) atoms. The Bertz CT molecular complexity index is 694. The maximum atomic E-state index is 12.3. The summed E-state index contributed by atoms with van der Waals surface area (Å²) in [5.74, 6) is -1.60. The zero-order chi connectivity index (χ0) is 15.4. The first kappa shape index (κ1) is 14.6. The van der Waals surface area contributed by atoms with Crippen molar-refractivity contribution in [3.63, 3.8) is 0 Å². The first-order chi connectivity index (χ1) is 10.0. The predicted molar refractivity (Wildman–Crippen MR) is 77.4 cm³/mol. The second kappa shape index (κ2) is 6.09. The molecule has 0 saturated heterocycles. The molecule has 0 bridgehead atoms. The number of rotatable bonds is 5. The van der Waals surface area contributed by atoms with Crippen molar-refractivity contribution >= 4 is 17.3 Å². The van der Waals surface area contributed by atoms with Gasteiger partial charge in [0.2, 0.25) is 0 Å². The van der Waals surface area contributed by atoms with E-state index >= 15 is 0 Å². The van der Waals surface area contributed by atoms with Crippen LogP contribution in [0, 0.1) is 16.0 Å². The van der Waals surface area contributed by atoms with E-state index in [1.54, 1.807) is 30.3 Å². The van der Waals surface area contributed by atoms with E-state index in [4.69, 9.17) is 0 Å². The lowest BCUT2D eigenvalue weighted by Gasteiger charge is -2.09.